The number of piperidine rings is 1. The lowest BCUT2D eigenvalue weighted by atomic mass is 9.95. The summed E-state index contributed by atoms with van der Waals surface area (Å²) < 4.78 is 5.21. The van der Waals surface area contributed by atoms with Gasteiger partial charge in [-0.2, -0.15) is 0 Å². The molecule has 0 aliphatic carbocycles. The molecule has 0 saturated carbocycles. The van der Waals surface area contributed by atoms with Crippen molar-refractivity contribution < 1.29 is 9.53 Å². The van der Waals surface area contributed by atoms with E-state index in [4.69, 9.17) is 4.74 Å². The zero-order valence-corrected chi connectivity index (χ0v) is 16.3. The van der Waals surface area contributed by atoms with E-state index in [0.717, 1.165) is 55.2 Å². The van der Waals surface area contributed by atoms with E-state index in [2.05, 4.69) is 34.0 Å². The van der Waals surface area contributed by atoms with Crippen molar-refractivity contribution in [1.29, 1.82) is 0 Å². The summed E-state index contributed by atoms with van der Waals surface area (Å²) in [5.74, 6) is 2.02. The number of rotatable bonds is 6. The fraction of sp³-hybridized carbons (Fsp3) is 0.476. The molecule has 3 rings (SSSR count). The van der Waals surface area contributed by atoms with Crippen LogP contribution in [0.25, 0.3) is 11.3 Å². The summed E-state index contributed by atoms with van der Waals surface area (Å²) in [7, 11) is 1.66. The highest BCUT2D eigenvalue weighted by Gasteiger charge is 2.26. The van der Waals surface area contributed by atoms with E-state index >= 15 is 0 Å². The molecule has 1 aliphatic heterocycles. The maximum Gasteiger partial charge on any atom is 0.223 e. The Morgan fingerprint density at radius 1 is 1.26 bits per heavy atom. The highest BCUT2D eigenvalue weighted by molar-refractivity contribution is 5.79. The largest absolute Gasteiger partial charge is 0.497 e. The first-order chi connectivity index (χ1) is 13.1. The van der Waals surface area contributed by atoms with Gasteiger partial charge in [-0.25, -0.2) is 9.97 Å². The molecule has 6 heteroatoms. The van der Waals surface area contributed by atoms with Crippen LogP contribution in [-0.2, 0) is 4.79 Å². The monoisotopic (exact) mass is 368 g/mol. The van der Waals surface area contributed by atoms with Gasteiger partial charge in [-0.15, -0.1) is 0 Å². The minimum Gasteiger partial charge on any atom is -0.497 e. The smallest absolute Gasteiger partial charge is 0.223 e. The molecule has 1 fully saturated rings. The zero-order chi connectivity index (χ0) is 19.2. The van der Waals surface area contributed by atoms with Gasteiger partial charge in [0.05, 0.1) is 12.8 Å². The van der Waals surface area contributed by atoms with Gasteiger partial charge < -0.3 is 15.0 Å². The minimum atomic E-state index is 0.0955. The second-order valence-corrected chi connectivity index (χ2v) is 7.07. The fourth-order valence-electron chi connectivity index (χ4n) is 3.27. The number of nitrogens with one attached hydrogen (secondary N) is 1. The van der Waals surface area contributed by atoms with E-state index in [9.17, 15) is 4.79 Å². The van der Waals surface area contributed by atoms with Gasteiger partial charge in [-0.1, -0.05) is 6.92 Å². The first kappa shape index (κ1) is 19.1. The first-order valence-electron chi connectivity index (χ1n) is 9.62. The maximum absolute atomic E-state index is 12.3. The Hall–Kier alpha value is -2.63. The third-order valence-corrected chi connectivity index (χ3v) is 5.23. The van der Waals surface area contributed by atoms with Crippen LogP contribution in [0, 0.1) is 5.92 Å². The van der Waals surface area contributed by atoms with Gasteiger partial charge in [0.25, 0.3) is 0 Å². The lowest BCUT2D eigenvalue weighted by Gasteiger charge is -2.32. The number of carbonyl (C=O) groups is 1. The van der Waals surface area contributed by atoms with E-state index in [1.807, 2.05) is 30.3 Å². The van der Waals surface area contributed by atoms with Gasteiger partial charge in [0.1, 0.15) is 17.9 Å². The van der Waals surface area contributed by atoms with Crippen molar-refractivity contribution in [3.8, 4) is 17.0 Å². The molecular weight excluding hydrogens is 340 g/mol. The van der Waals surface area contributed by atoms with Crippen molar-refractivity contribution in [2.75, 3.05) is 25.1 Å². The number of ether oxygens (including phenoxy) is 1. The van der Waals surface area contributed by atoms with Crippen molar-refractivity contribution in [3.05, 3.63) is 36.7 Å². The molecule has 6 nitrogen and oxygen atoms in total. The average molecular weight is 368 g/mol. The van der Waals surface area contributed by atoms with Crippen molar-refractivity contribution in [2.45, 2.75) is 39.2 Å². The molecular formula is C21H28N4O2. The lowest BCUT2D eigenvalue weighted by molar-refractivity contribution is -0.126. The third-order valence-electron chi connectivity index (χ3n) is 5.23. The second-order valence-electron chi connectivity index (χ2n) is 7.07. The Kier molecular flexibility index (Phi) is 6.27. The predicted molar refractivity (Wildman–Crippen MR) is 107 cm³/mol. The molecule has 0 bridgehead atoms. The summed E-state index contributed by atoms with van der Waals surface area (Å²) in [6.45, 7) is 5.80. The number of methoxy groups -OCH3 is 1. The molecule has 2 aromatic rings. The van der Waals surface area contributed by atoms with Gasteiger partial charge in [-0.05, 0) is 50.5 Å². The van der Waals surface area contributed by atoms with Crippen LogP contribution in [0.1, 0.15) is 33.1 Å². The Balaban J connectivity index is 1.63. The van der Waals surface area contributed by atoms with E-state index < -0.39 is 0 Å². The molecule has 1 saturated heterocycles. The van der Waals surface area contributed by atoms with E-state index in [0.29, 0.717) is 0 Å². The van der Waals surface area contributed by atoms with Crippen molar-refractivity contribution >= 4 is 11.7 Å². The molecule has 2 heterocycles. The van der Waals surface area contributed by atoms with Gasteiger partial charge in [0, 0.05) is 36.7 Å². The van der Waals surface area contributed by atoms with Gasteiger partial charge in [-0.3, -0.25) is 4.79 Å². The molecule has 144 valence electrons. The molecule has 1 amide bonds. The van der Waals surface area contributed by atoms with Crippen LogP contribution in [0.4, 0.5) is 5.82 Å². The lowest BCUT2D eigenvalue weighted by Crippen LogP contribution is -2.43. The predicted octanol–water partition coefficient (Wildman–Crippen LogP) is 3.28. The number of amides is 1. The van der Waals surface area contributed by atoms with Crippen LogP contribution >= 0.6 is 0 Å². The summed E-state index contributed by atoms with van der Waals surface area (Å²) in [5.41, 5.74) is 1.92. The van der Waals surface area contributed by atoms with Crippen LogP contribution in [0.3, 0.4) is 0 Å². The number of benzene rings is 1. The average Bonchev–Trinajstić information content (AvgIpc) is 2.74. The normalized spacial score (nSPS) is 16.0. The molecule has 1 atom stereocenters. The molecule has 0 spiro atoms. The SMILES string of the molecule is CCC(C)NC(=O)C1CCN(c2cc(-c3ccc(OC)cc3)ncn2)CC1. The molecule has 1 aromatic heterocycles. The van der Waals surface area contributed by atoms with Crippen LogP contribution in [-0.4, -0.2) is 42.1 Å². The van der Waals surface area contributed by atoms with Crippen LogP contribution < -0.4 is 15.0 Å². The molecule has 1 unspecified atom stereocenters. The molecule has 1 aromatic carbocycles. The zero-order valence-electron chi connectivity index (χ0n) is 16.3. The van der Waals surface area contributed by atoms with Gasteiger partial charge in [0.15, 0.2) is 0 Å². The standard InChI is InChI=1S/C21H28N4O2/c1-4-15(2)24-21(26)17-9-11-25(12-10-17)20-13-19(22-14-23-20)16-5-7-18(27-3)8-6-16/h5-8,13-15,17H,4,9-12H2,1-3H3,(H,24,26). The summed E-state index contributed by atoms with van der Waals surface area (Å²) in [6, 6.07) is 10.1. The third kappa shape index (κ3) is 4.76. The quantitative estimate of drug-likeness (QED) is 0.847. The summed E-state index contributed by atoms with van der Waals surface area (Å²) >= 11 is 0. The van der Waals surface area contributed by atoms with Crippen LogP contribution in [0.5, 0.6) is 5.75 Å². The number of carbonyl (C=O) groups excluding carboxylic acids is 1. The summed E-state index contributed by atoms with van der Waals surface area (Å²) in [6.07, 6.45) is 4.27. The van der Waals surface area contributed by atoms with Crippen LogP contribution in [0.15, 0.2) is 36.7 Å². The molecule has 1 N–H and O–H groups in total. The second kappa shape index (κ2) is 8.84. The Labute approximate surface area is 161 Å². The number of anilines is 1. The molecule has 27 heavy (non-hydrogen) atoms. The number of nitrogens with zero attached hydrogens (tertiary/aromatic N) is 3. The number of hydrogen-bond donors (Lipinski definition) is 1. The van der Waals surface area contributed by atoms with Crippen molar-refractivity contribution in [1.82, 2.24) is 15.3 Å². The minimum absolute atomic E-state index is 0.0955. The molecule has 0 radical (unpaired) electrons. The van der Waals surface area contributed by atoms with Crippen molar-refractivity contribution in [2.24, 2.45) is 5.92 Å². The Bertz CT molecular complexity index is 755. The number of aromatic nitrogens is 2. The van der Waals surface area contributed by atoms with Crippen LogP contribution in [0.2, 0.25) is 0 Å². The van der Waals surface area contributed by atoms with Gasteiger partial charge >= 0.3 is 0 Å². The number of hydrogen-bond acceptors (Lipinski definition) is 5. The summed E-state index contributed by atoms with van der Waals surface area (Å²) in [4.78, 5) is 23.4. The highest BCUT2D eigenvalue weighted by atomic mass is 16.5. The van der Waals surface area contributed by atoms with Gasteiger partial charge in [0.2, 0.25) is 5.91 Å². The Morgan fingerprint density at radius 2 is 1.96 bits per heavy atom. The summed E-state index contributed by atoms with van der Waals surface area (Å²) in [5, 5.41) is 3.10. The highest BCUT2D eigenvalue weighted by Crippen LogP contribution is 2.26. The Morgan fingerprint density at radius 3 is 2.59 bits per heavy atom. The van der Waals surface area contributed by atoms with E-state index in [1.54, 1.807) is 13.4 Å². The first-order valence-corrected chi connectivity index (χ1v) is 9.62. The van der Waals surface area contributed by atoms with E-state index in [-0.39, 0.29) is 17.9 Å². The van der Waals surface area contributed by atoms with E-state index in [1.165, 1.54) is 0 Å². The topological polar surface area (TPSA) is 67.4 Å². The molecule has 1 aliphatic rings. The van der Waals surface area contributed by atoms with Crippen molar-refractivity contribution in [3.63, 3.8) is 0 Å². The fourth-order valence-corrected chi connectivity index (χ4v) is 3.27. The maximum atomic E-state index is 12.3.